The van der Waals surface area contributed by atoms with Crippen LogP contribution in [0.3, 0.4) is 0 Å². The number of hydrogen-bond acceptors (Lipinski definition) is 18. The SMILES string of the molecule is CC/C=C\C/C=C\C/C=C\C/C=C\C/C=C\C/C=C\C/C=C\C/C=C\C/C=C\C/C=C\CCCCCCCCC(=O)NC(COC1OC(CO)C(OC2OC(CO)C(OC3OC(CO)C(O)C(O)C3O)C(O)C2O)C(O)C1O)C(O)/C=C/CCCCCCCCCCCCCCCCCCCCCC. The molecule has 104 heavy (non-hydrogen) atoms. The number of aliphatic hydroxyl groups excluding tert-OH is 11. The first kappa shape index (κ1) is 94.1. The molecule has 0 aliphatic carbocycles. The van der Waals surface area contributed by atoms with Crippen molar-refractivity contribution in [2.45, 2.75) is 369 Å². The van der Waals surface area contributed by atoms with Crippen LogP contribution in [0.15, 0.2) is 134 Å². The molecule has 3 fully saturated rings. The minimum Gasteiger partial charge on any atom is -0.394 e. The average Bonchev–Trinajstić information content (AvgIpc) is 0.783. The predicted octanol–water partition coefficient (Wildman–Crippen LogP) is 13.7. The summed E-state index contributed by atoms with van der Waals surface area (Å²) in [6.07, 6.45) is 64.2. The summed E-state index contributed by atoms with van der Waals surface area (Å²) in [6, 6.07) is -0.993. The number of amides is 1. The van der Waals surface area contributed by atoms with Gasteiger partial charge in [0.05, 0.1) is 38.6 Å². The molecule has 0 spiro atoms. The minimum atomic E-state index is -1.99. The van der Waals surface area contributed by atoms with Crippen LogP contribution >= 0.6 is 0 Å². The number of nitrogens with one attached hydrogen (secondary N) is 1. The third-order valence-electron chi connectivity index (χ3n) is 19.2. The molecule has 3 saturated heterocycles. The van der Waals surface area contributed by atoms with Crippen molar-refractivity contribution in [3.8, 4) is 0 Å². The monoisotopic (exact) mass is 1470 g/mol. The summed E-state index contributed by atoms with van der Waals surface area (Å²) in [4.78, 5) is 13.5. The van der Waals surface area contributed by atoms with Gasteiger partial charge in [0.1, 0.15) is 73.2 Å². The third-order valence-corrected chi connectivity index (χ3v) is 19.2. The molecular weight excluding hydrogens is 1320 g/mol. The molecular formula is C85H143NO18. The number of rotatable bonds is 62. The first-order chi connectivity index (χ1) is 50.8. The summed E-state index contributed by atoms with van der Waals surface area (Å²) in [5.41, 5.74) is 0. The van der Waals surface area contributed by atoms with Gasteiger partial charge < -0.3 is 89.9 Å². The van der Waals surface area contributed by atoms with Gasteiger partial charge in [0.25, 0.3) is 0 Å². The lowest BCUT2D eigenvalue weighted by atomic mass is 9.96. The van der Waals surface area contributed by atoms with Crippen molar-refractivity contribution in [2.24, 2.45) is 0 Å². The Morgan fingerprint density at radius 1 is 0.356 bits per heavy atom. The number of unbranched alkanes of at least 4 members (excludes halogenated alkanes) is 26. The van der Waals surface area contributed by atoms with Crippen LogP contribution in [0.25, 0.3) is 0 Å². The molecule has 17 unspecified atom stereocenters. The number of hydrogen-bond donors (Lipinski definition) is 12. The predicted molar refractivity (Wildman–Crippen MR) is 415 cm³/mol. The maximum absolute atomic E-state index is 13.5. The second kappa shape index (κ2) is 63.8. The van der Waals surface area contributed by atoms with Gasteiger partial charge in [0, 0.05) is 6.42 Å². The fraction of sp³-hybridized carbons (Fsp3) is 0.729. The molecule has 0 bridgehead atoms. The summed E-state index contributed by atoms with van der Waals surface area (Å²) >= 11 is 0. The van der Waals surface area contributed by atoms with E-state index in [2.05, 4.69) is 141 Å². The number of allylic oxidation sites excluding steroid dienone is 21. The van der Waals surface area contributed by atoms with Gasteiger partial charge in [0.2, 0.25) is 5.91 Å². The number of carbonyl (C=O) groups is 1. The average molecular weight is 1470 g/mol. The van der Waals surface area contributed by atoms with E-state index < -0.39 is 124 Å². The smallest absolute Gasteiger partial charge is 0.220 e. The Balaban J connectivity index is 1.38. The maximum atomic E-state index is 13.5. The summed E-state index contributed by atoms with van der Waals surface area (Å²) in [5, 5.41) is 121. The van der Waals surface area contributed by atoms with E-state index in [0.717, 1.165) is 128 Å². The quantitative estimate of drug-likeness (QED) is 0.0199. The molecule has 596 valence electrons. The van der Waals surface area contributed by atoms with E-state index >= 15 is 0 Å². The van der Waals surface area contributed by atoms with Gasteiger partial charge in [-0.25, -0.2) is 0 Å². The molecule has 17 atom stereocenters. The number of aliphatic hydroxyl groups is 11. The molecule has 0 aromatic rings. The zero-order chi connectivity index (χ0) is 75.3. The number of ether oxygens (including phenoxy) is 6. The fourth-order valence-electron chi connectivity index (χ4n) is 12.7. The van der Waals surface area contributed by atoms with Gasteiger partial charge in [-0.3, -0.25) is 4.79 Å². The zero-order valence-corrected chi connectivity index (χ0v) is 63.7. The van der Waals surface area contributed by atoms with Crippen molar-refractivity contribution in [1.29, 1.82) is 0 Å². The van der Waals surface area contributed by atoms with E-state index in [1.807, 2.05) is 6.08 Å². The van der Waals surface area contributed by atoms with Crippen molar-refractivity contribution in [2.75, 3.05) is 26.4 Å². The largest absolute Gasteiger partial charge is 0.394 e. The summed E-state index contributed by atoms with van der Waals surface area (Å²) in [7, 11) is 0. The van der Waals surface area contributed by atoms with E-state index in [4.69, 9.17) is 28.4 Å². The van der Waals surface area contributed by atoms with Gasteiger partial charge in [0.15, 0.2) is 18.9 Å². The van der Waals surface area contributed by atoms with Crippen LogP contribution in [0.4, 0.5) is 0 Å². The van der Waals surface area contributed by atoms with Crippen LogP contribution < -0.4 is 5.32 Å². The van der Waals surface area contributed by atoms with Gasteiger partial charge in [-0.2, -0.15) is 0 Å². The second-order valence-corrected chi connectivity index (χ2v) is 28.1. The van der Waals surface area contributed by atoms with Crippen LogP contribution in [0.2, 0.25) is 0 Å². The Kier molecular flexibility index (Phi) is 57.8. The van der Waals surface area contributed by atoms with Crippen LogP contribution in [0.5, 0.6) is 0 Å². The molecule has 0 aromatic carbocycles. The minimum absolute atomic E-state index is 0.218. The topological polar surface area (TPSA) is 307 Å². The summed E-state index contributed by atoms with van der Waals surface area (Å²) < 4.78 is 34.4. The Morgan fingerprint density at radius 2 is 0.663 bits per heavy atom. The first-order valence-electron chi connectivity index (χ1n) is 40.4. The highest BCUT2D eigenvalue weighted by Crippen LogP contribution is 2.33. The standard InChI is InChI=1S/C85H143NO18/c1-3-5-7-9-11-13-15-17-19-21-23-25-27-28-29-30-31-32-33-34-35-36-37-38-39-40-41-43-45-47-49-51-53-55-57-59-61-63-73(91)86-68(69(90)62-60-58-56-54-52-50-48-46-44-42-26-24-22-20-18-16-14-12-10-8-6-4-2)67-99-83-79(97)76(94)81(71(65-88)101-83)104-85-80(98)77(95)82(72(66-89)102-85)103-84-78(96)75(93)74(92)70(64-87)100-84/h5,7,11,13,17,19,23,25,28-29,31-32,34-35,37-38,40-41,45,47,60,62,68-72,74-85,87-90,92-98H,3-4,6,8-10,12,14-16,18,20-22,24,26-27,30,33,36,39,42-44,46,48-59,61,63-67H2,1-2H3,(H,86,91)/b7-5-,13-11-,19-17-,25-23-,29-28-,32-31-,35-34-,38-37-,41-40-,47-45-,62-60+. The van der Waals surface area contributed by atoms with Gasteiger partial charge in [-0.1, -0.05) is 295 Å². The van der Waals surface area contributed by atoms with E-state index in [1.54, 1.807) is 6.08 Å². The highest BCUT2D eigenvalue weighted by atomic mass is 16.8. The second-order valence-electron chi connectivity index (χ2n) is 28.1. The van der Waals surface area contributed by atoms with E-state index in [1.165, 1.54) is 109 Å². The van der Waals surface area contributed by atoms with Crippen molar-refractivity contribution >= 4 is 5.91 Å². The number of carbonyl (C=O) groups excluding carboxylic acids is 1. The van der Waals surface area contributed by atoms with Crippen LogP contribution in [0, 0.1) is 0 Å². The normalized spacial score (nSPS) is 26.6. The molecule has 19 nitrogen and oxygen atoms in total. The van der Waals surface area contributed by atoms with Crippen molar-refractivity contribution in [1.82, 2.24) is 5.32 Å². The first-order valence-corrected chi connectivity index (χ1v) is 40.4. The van der Waals surface area contributed by atoms with Gasteiger partial charge >= 0.3 is 0 Å². The molecule has 3 aliphatic rings. The highest BCUT2D eigenvalue weighted by Gasteiger charge is 2.54. The fourth-order valence-corrected chi connectivity index (χ4v) is 12.7. The molecule has 12 N–H and O–H groups in total. The van der Waals surface area contributed by atoms with E-state index in [-0.39, 0.29) is 18.9 Å². The molecule has 19 heteroatoms. The van der Waals surface area contributed by atoms with Crippen LogP contribution in [0.1, 0.15) is 264 Å². The Morgan fingerprint density at radius 3 is 1.04 bits per heavy atom. The Bertz CT molecular complexity index is 2400. The highest BCUT2D eigenvalue weighted by molar-refractivity contribution is 5.76. The van der Waals surface area contributed by atoms with Crippen molar-refractivity contribution in [3.05, 3.63) is 134 Å². The van der Waals surface area contributed by atoms with Crippen LogP contribution in [-0.4, -0.2) is 193 Å². The lowest BCUT2D eigenvalue weighted by molar-refractivity contribution is -0.379. The van der Waals surface area contributed by atoms with E-state index in [9.17, 15) is 61.0 Å². The molecule has 0 radical (unpaired) electrons. The van der Waals surface area contributed by atoms with Crippen LogP contribution in [-0.2, 0) is 33.2 Å². The Hall–Kier alpha value is -4.07. The van der Waals surface area contributed by atoms with E-state index in [0.29, 0.717) is 6.42 Å². The van der Waals surface area contributed by atoms with Gasteiger partial charge in [-0.15, -0.1) is 0 Å². The molecule has 3 heterocycles. The lowest BCUT2D eigenvalue weighted by Gasteiger charge is -2.48. The summed E-state index contributed by atoms with van der Waals surface area (Å²) in [6.45, 7) is 1.62. The van der Waals surface area contributed by atoms with Gasteiger partial charge in [-0.05, 0) is 96.3 Å². The van der Waals surface area contributed by atoms with Crippen molar-refractivity contribution < 1.29 is 89.4 Å². The Labute approximate surface area is 626 Å². The molecule has 0 aromatic heterocycles. The third kappa shape index (κ3) is 43.2. The molecule has 3 aliphatic heterocycles. The lowest BCUT2D eigenvalue weighted by Crippen LogP contribution is -2.66. The molecule has 3 rings (SSSR count). The molecule has 0 saturated carbocycles. The summed E-state index contributed by atoms with van der Waals surface area (Å²) in [5.74, 6) is -0.294. The maximum Gasteiger partial charge on any atom is 0.220 e. The van der Waals surface area contributed by atoms with Crippen molar-refractivity contribution in [3.63, 3.8) is 0 Å². The zero-order valence-electron chi connectivity index (χ0n) is 63.7. The molecule has 1 amide bonds.